The number of hydrogen-bond donors (Lipinski definition) is 1. The van der Waals surface area contributed by atoms with E-state index in [2.05, 4.69) is 10.2 Å². The van der Waals surface area contributed by atoms with Gasteiger partial charge in [-0.25, -0.2) is 9.18 Å². The van der Waals surface area contributed by atoms with Gasteiger partial charge < -0.3 is 15.1 Å². The molecule has 0 radical (unpaired) electrons. The number of carbonyl (C=O) groups excluding carboxylic acids is 1. The predicted octanol–water partition coefficient (Wildman–Crippen LogP) is 2.46. The molecule has 0 saturated carbocycles. The van der Waals surface area contributed by atoms with Crippen molar-refractivity contribution in [2.24, 2.45) is 0 Å². The Hall–Kier alpha value is -1.78. The van der Waals surface area contributed by atoms with Gasteiger partial charge in [-0.3, -0.25) is 0 Å². The summed E-state index contributed by atoms with van der Waals surface area (Å²) < 4.78 is 13.2. The van der Waals surface area contributed by atoms with Crippen LogP contribution >= 0.6 is 0 Å². The zero-order valence-electron chi connectivity index (χ0n) is 12.1. The summed E-state index contributed by atoms with van der Waals surface area (Å²) >= 11 is 0. The van der Waals surface area contributed by atoms with Crippen molar-refractivity contribution in [1.82, 2.24) is 10.2 Å². The van der Waals surface area contributed by atoms with Crippen LogP contribution in [0.5, 0.6) is 0 Å². The lowest BCUT2D eigenvalue weighted by Gasteiger charge is -2.36. The predicted molar refractivity (Wildman–Crippen MR) is 78.5 cm³/mol. The quantitative estimate of drug-likeness (QED) is 0.922. The van der Waals surface area contributed by atoms with Gasteiger partial charge in [0, 0.05) is 37.9 Å². The van der Waals surface area contributed by atoms with E-state index in [4.69, 9.17) is 0 Å². The minimum absolute atomic E-state index is 0.00163. The van der Waals surface area contributed by atoms with Crippen LogP contribution in [0.25, 0.3) is 0 Å². The first-order chi connectivity index (χ1) is 9.60. The van der Waals surface area contributed by atoms with E-state index in [1.54, 1.807) is 6.07 Å². The summed E-state index contributed by atoms with van der Waals surface area (Å²) in [7, 11) is 0. The molecule has 1 atom stereocenters. The molecule has 0 bridgehead atoms. The average Bonchev–Trinajstić information content (AvgIpc) is 2.47. The number of nitrogens with one attached hydrogen (secondary N) is 1. The van der Waals surface area contributed by atoms with Gasteiger partial charge in [0.15, 0.2) is 0 Å². The number of benzene rings is 1. The maximum absolute atomic E-state index is 13.2. The standard InChI is InChI=1S/C15H22FN3O/c1-3-12(2)17-15(20)19-9-7-18(8-10-19)14-6-4-5-13(16)11-14/h4-6,11-12H,3,7-10H2,1-2H3,(H,17,20). The number of amides is 2. The third kappa shape index (κ3) is 3.62. The molecule has 110 valence electrons. The van der Waals surface area contributed by atoms with Crippen LogP contribution in [0.3, 0.4) is 0 Å². The molecule has 1 unspecified atom stereocenters. The summed E-state index contributed by atoms with van der Waals surface area (Å²) in [5.41, 5.74) is 0.881. The Balaban J connectivity index is 1.87. The van der Waals surface area contributed by atoms with Crippen LogP contribution in [0.1, 0.15) is 20.3 Å². The maximum Gasteiger partial charge on any atom is 0.317 e. The Morgan fingerprint density at radius 3 is 2.65 bits per heavy atom. The number of piperazine rings is 1. The van der Waals surface area contributed by atoms with Gasteiger partial charge in [0.25, 0.3) is 0 Å². The molecule has 1 fully saturated rings. The lowest BCUT2D eigenvalue weighted by atomic mass is 10.2. The molecule has 20 heavy (non-hydrogen) atoms. The van der Waals surface area contributed by atoms with Gasteiger partial charge in [-0.15, -0.1) is 0 Å². The Morgan fingerprint density at radius 2 is 2.05 bits per heavy atom. The number of rotatable bonds is 3. The fourth-order valence-corrected chi connectivity index (χ4v) is 2.24. The van der Waals surface area contributed by atoms with Crippen LogP contribution in [-0.4, -0.2) is 43.2 Å². The highest BCUT2D eigenvalue weighted by Gasteiger charge is 2.21. The Bertz CT molecular complexity index is 458. The fraction of sp³-hybridized carbons (Fsp3) is 0.533. The molecule has 5 heteroatoms. The maximum atomic E-state index is 13.2. The molecule has 0 aromatic heterocycles. The summed E-state index contributed by atoms with van der Waals surface area (Å²) in [6.07, 6.45) is 0.926. The Kier molecular flexibility index (Phi) is 4.82. The molecule has 1 aliphatic heterocycles. The van der Waals surface area contributed by atoms with Crippen molar-refractivity contribution in [3.63, 3.8) is 0 Å². The summed E-state index contributed by atoms with van der Waals surface area (Å²) in [5.74, 6) is -0.223. The summed E-state index contributed by atoms with van der Waals surface area (Å²) in [5, 5.41) is 2.97. The first-order valence-electron chi connectivity index (χ1n) is 7.16. The first kappa shape index (κ1) is 14.6. The monoisotopic (exact) mass is 279 g/mol. The van der Waals surface area contributed by atoms with Gasteiger partial charge in [-0.2, -0.15) is 0 Å². The van der Waals surface area contributed by atoms with Crippen LogP contribution in [-0.2, 0) is 0 Å². The molecule has 0 aliphatic carbocycles. The van der Waals surface area contributed by atoms with E-state index in [1.807, 2.05) is 24.8 Å². The van der Waals surface area contributed by atoms with Crippen molar-refractivity contribution in [2.45, 2.75) is 26.3 Å². The normalized spacial score (nSPS) is 16.9. The third-order valence-corrected chi connectivity index (χ3v) is 3.72. The van der Waals surface area contributed by atoms with Gasteiger partial charge in [-0.1, -0.05) is 13.0 Å². The second-order valence-corrected chi connectivity index (χ2v) is 5.21. The van der Waals surface area contributed by atoms with Crippen molar-refractivity contribution in [3.05, 3.63) is 30.1 Å². The number of nitrogens with zero attached hydrogens (tertiary/aromatic N) is 2. The minimum atomic E-state index is -0.223. The number of carbonyl (C=O) groups is 1. The summed E-state index contributed by atoms with van der Waals surface area (Å²) in [6, 6.07) is 6.79. The number of halogens is 1. The number of urea groups is 1. The lowest BCUT2D eigenvalue weighted by Crippen LogP contribution is -2.53. The molecule has 0 spiro atoms. The molecular formula is C15H22FN3O. The molecule has 1 N–H and O–H groups in total. The smallest absolute Gasteiger partial charge is 0.317 e. The van der Waals surface area contributed by atoms with Gasteiger partial charge in [0.1, 0.15) is 5.82 Å². The molecule has 1 aromatic carbocycles. The van der Waals surface area contributed by atoms with Crippen molar-refractivity contribution in [2.75, 3.05) is 31.1 Å². The summed E-state index contributed by atoms with van der Waals surface area (Å²) in [6.45, 7) is 6.85. The second-order valence-electron chi connectivity index (χ2n) is 5.21. The van der Waals surface area contributed by atoms with Crippen LogP contribution in [0, 0.1) is 5.82 Å². The van der Waals surface area contributed by atoms with Gasteiger partial charge >= 0.3 is 6.03 Å². The molecule has 1 aromatic rings. The van der Waals surface area contributed by atoms with E-state index in [0.29, 0.717) is 13.1 Å². The van der Waals surface area contributed by atoms with E-state index in [0.717, 1.165) is 25.2 Å². The SMILES string of the molecule is CCC(C)NC(=O)N1CCN(c2cccc(F)c2)CC1. The minimum Gasteiger partial charge on any atom is -0.368 e. The van der Waals surface area contributed by atoms with Crippen LogP contribution in [0.2, 0.25) is 0 Å². The molecule has 2 rings (SSSR count). The van der Waals surface area contributed by atoms with E-state index in [-0.39, 0.29) is 17.9 Å². The summed E-state index contributed by atoms with van der Waals surface area (Å²) in [4.78, 5) is 15.9. The fourth-order valence-electron chi connectivity index (χ4n) is 2.24. The first-order valence-corrected chi connectivity index (χ1v) is 7.16. The lowest BCUT2D eigenvalue weighted by molar-refractivity contribution is 0.190. The van der Waals surface area contributed by atoms with Crippen molar-refractivity contribution in [1.29, 1.82) is 0 Å². The molecule has 1 saturated heterocycles. The second kappa shape index (κ2) is 6.59. The van der Waals surface area contributed by atoms with Gasteiger partial charge in [0.2, 0.25) is 0 Å². The molecule has 2 amide bonds. The highest BCUT2D eigenvalue weighted by atomic mass is 19.1. The largest absolute Gasteiger partial charge is 0.368 e. The highest BCUT2D eigenvalue weighted by molar-refractivity contribution is 5.74. The average molecular weight is 279 g/mol. The molecule has 4 nitrogen and oxygen atoms in total. The van der Waals surface area contributed by atoms with Crippen LogP contribution in [0.15, 0.2) is 24.3 Å². The van der Waals surface area contributed by atoms with Crippen LogP contribution < -0.4 is 10.2 Å². The van der Waals surface area contributed by atoms with E-state index < -0.39 is 0 Å². The van der Waals surface area contributed by atoms with Crippen LogP contribution in [0.4, 0.5) is 14.9 Å². The van der Waals surface area contributed by atoms with Gasteiger partial charge in [-0.05, 0) is 31.5 Å². The van der Waals surface area contributed by atoms with Crippen molar-refractivity contribution >= 4 is 11.7 Å². The van der Waals surface area contributed by atoms with E-state index in [9.17, 15) is 9.18 Å². The van der Waals surface area contributed by atoms with Crippen molar-refractivity contribution in [3.8, 4) is 0 Å². The Labute approximate surface area is 119 Å². The van der Waals surface area contributed by atoms with Crippen molar-refractivity contribution < 1.29 is 9.18 Å². The topological polar surface area (TPSA) is 35.6 Å². The highest BCUT2D eigenvalue weighted by Crippen LogP contribution is 2.17. The molecule has 1 aliphatic rings. The molecule has 1 heterocycles. The van der Waals surface area contributed by atoms with Gasteiger partial charge in [0.05, 0.1) is 0 Å². The third-order valence-electron chi connectivity index (χ3n) is 3.72. The number of hydrogen-bond acceptors (Lipinski definition) is 2. The zero-order valence-corrected chi connectivity index (χ0v) is 12.1. The zero-order chi connectivity index (χ0) is 14.5. The van der Waals surface area contributed by atoms with E-state index >= 15 is 0 Å². The molecular weight excluding hydrogens is 257 g/mol. The Morgan fingerprint density at radius 1 is 1.35 bits per heavy atom. The van der Waals surface area contributed by atoms with E-state index in [1.165, 1.54) is 12.1 Å². The number of anilines is 1.